The molecule has 4 aromatic rings. The van der Waals surface area contributed by atoms with E-state index in [0.717, 1.165) is 40.7 Å². The highest BCUT2D eigenvalue weighted by atomic mass is 32.2. The standard InChI is InChI=1S/C30H43N3O4S.C16H25N3.C13H19NO5S/c1-23-20-29(37-4)21-24(2)30(23)38(35,36)31(3)17-14-28(34)22-25-8-10-26(11-9-25)33-18-12-27(13-19-33)32-15-6-5-7-16-32;17-14-4-6-15(7-5-14)19-12-8-16(9-13-19)18-10-2-1-3-11-18;1-10-7-12(18-4)8-11(2)13(10)20(16,17)14(3)5-6-19-9-15/h8-11,20-21,27H,5-7,12-19,22H2,1-4H3;4-7,16H,1-3,8-13,17H2;7-9H,5-6H2,1-4H3. The molecule has 0 radical (unpaired) electrons. The van der Waals surface area contributed by atoms with Crippen LogP contribution in [0.5, 0.6) is 11.5 Å². The Labute approximate surface area is 460 Å². The third-order valence-corrected chi connectivity index (χ3v) is 20.0. The average molecular weight is 1100 g/mol. The van der Waals surface area contributed by atoms with Crippen LogP contribution in [0.3, 0.4) is 0 Å². The number of carbonyl (C=O) groups excluding carboxylic acids is 2. The summed E-state index contributed by atoms with van der Waals surface area (Å²) in [4.78, 5) is 33.7. The van der Waals surface area contributed by atoms with E-state index in [1.54, 1.807) is 59.1 Å². The van der Waals surface area contributed by atoms with Gasteiger partial charge in [-0.05, 0) is 194 Å². The molecule has 0 atom stereocenters. The van der Waals surface area contributed by atoms with Crippen molar-refractivity contribution in [2.24, 2.45) is 0 Å². The molecule has 18 heteroatoms. The number of benzene rings is 4. The zero-order valence-electron chi connectivity index (χ0n) is 47.2. The zero-order chi connectivity index (χ0) is 55.7. The topological polar surface area (TPSA) is 176 Å². The zero-order valence-corrected chi connectivity index (χ0v) is 48.8. The van der Waals surface area contributed by atoms with Crippen molar-refractivity contribution in [1.29, 1.82) is 0 Å². The van der Waals surface area contributed by atoms with Gasteiger partial charge in [-0.25, -0.2) is 21.1 Å². The number of likely N-dealkylation sites (N-methyl/N-ethyl adjacent to an activating group) is 1. The maximum absolute atomic E-state index is 13.2. The molecule has 0 saturated carbocycles. The second-order valence-corrected chi connectivity index (χ2v) is 25.1. The Hall–Kier alpha value is -5.24. The van der Waals surface area contributed by atoms with Crippen molar-refractivity contribution >= 4 is 49.4 Å². The van der Waals surface area contributed by atoms with Gasteiger partial charge in [-0.3, -0.25) is 9.59 Å². The Kier molecular flexibility index (Phi) is 23.1. The minimum Gasteiger partial charge on any atom is -0.497 e. The first-order valence-electron chi connectivity index (χ1n) is 27.6. The number of nitrogen functional groups attached to an aromatic ring is 1. The van der Waals surface area contributed by atoms with Crippen LogP contribution in [0.1, 0.15) is 98.4 Å². The van der Waals surface area contributed by atoms with Crippen molar-refractivity contribution in [2.45, 2.75) is 127 Å². The van der Waals surface area contributed by atoms with Crippen LogP contribution >= 0.6 is 0 Å². The summed E-state index contributed by atoms with van der Waals surface area (Å²) in [6.07, 6.45) is 13.8. The van der Waals surface area contributed by atoms with Crippen LogP contribution in [0.4, 0.5) is 17.1 Å². The Morgan fingerprint density at radius 3 is 1.34 bits per heavy atom. The summed E-state index contributed by atoms with van der Waals surface area (Å²) in [7, 11) is -1.25. The third-order valence-electron chi connectivity index (χ3n) is 15.7. The summed E-state index contributed by atoms with van der Waals surface area (Å²) in [5.41, 5.74) is 12.6. The third kappa shape index (κ3) is 16.9. The molecule has 0 aliphatic carbocycles. The number of aryl methyl sites for hydroxylation is 4. The van der Waals surface area contributed by atoms with E-state index in [9.17, 15) is 26.4 Å². The molecule has 4 aliphatic rings. The van der Waals surface area contributed by atoms with Gasteiger partial charge in [0, 0.05) is 95.4 Å². The number of nitrogens with two attached hydrogens (primary N) is 1. The lowest BCUT2D eigenvalue weighted by molar-refractivity contribution is -0.128. The normalized spacial score (nSPS) is 17.3. The number of nitrogens with zero attached hydrogens (tertiary/aromatic N) is 6. The van der Waals surface area contributed by atoms with Crippen LogP contribution in [-0.2, 0) is 40.8 Å². The number of ketones is 1. The Balaban J connectivity index is 0.000000207. The first kappa shape index (κ1) is 61.0. The summed E-state index contributed by atoms with van der Waals surface area (Å²) in [6.45, 7) is 17.2. The number of sulfonamides is 2. The number of anilines is 3. The highest BCUT2D eigenvalue weighted by Gasteiger charge is 2.29. The number of rotatable bonds is 19. The molecule has 16 nitrogen and oxygen atoms in total. The summed E-state index contributed by atoms with van der Waals surface area (Å²) < 4.78 is 68.8. The number of methoxy groups -OCH3 is 2. The molecular weight excluding hydrogens is 1010 g/mol. The number of likely N-dealkylation sites (tertiary alicyclic amines) is 2. The Bertz CT molecular complexity index is 2690. The largest absolute Gasteiger partial charge is 0.497 e. The van der Waals surface area contributed by atoms with E-state index < -0.39 is 20.0 Å². The van der Waals surface area contributed by atoms with Crippen LogP contribution in [-0.4, -0.2) is 160 Å². The van der Waals surface area contributed by atoms with Crippen LogP contribution in [0, 0.1) is 27.7 Å². The monoisotopic (exact) mass is 1100 g/mol. The van der Waals surface area contributed by atoms with E-state index in [-0.39, 0.29) is 41.7 Å². The Morgan fingerprint density at radius 2 is 0.961 bits per heavy atom. The molecule has 77 heavy (non-hydrogen) atoms. The molecule has 4 heterocycles. The van der Waals surface area contributed by atoms with E-state index in [2.05, 4.69) is 48.6 Å². The summed E-state index contributed by atoms with van der Waals surface area (Å²) in [5, 5.41) is 0. The summed E-state index contributed by atoms with van der Waals surface area (Å²) in [5.74, 6) is 1.28. The number of ether oxygens (including phenoxy) is 3. The fourth-order valence-electron chi connectivity index (χ4n) is 11.3. The van der Waals surface area contributed by atoms with Crippen LogP contribution in [0.2, 0.25) is 0 Å². The van der Waals surface area contributed by atoms with Crippen LogP contribution < -0.4 is 25.0 Å². The van der Waals surface area contributed by atoms with Crippen molar-refractivity contribution in [2.75, 3.05) is 116 Å². The minimum atomic E-state index is -3.71. The van der Waals surface area contributed by atoms with Gasteiger partial charge in [0.1, 0.15) is 23.9 Å². The smallest absolute Gasteiger partial charge is 0.293 e. The molecule has 4 saturated heterocycles. The molecule has 0 amide bonds. The van der Waals surface area contributed by atoms with E-state index in [4.69, 9.17) is 15.2 Å². The molecule has 0 bridgehead atoms. The molecule has 424 valence electrons. The Morgan fingerprint density at radius 1 is 0.584 bits per heavy atom. The molecule has 0 unspecified atom stereocenters. The average Bonchev–Trinajstić information content (AvgIpc) is 3.43. The van der Waals surface area contributed by atoms with Crippen molar-refractivity contribution < 1.29 is 40.6 Å². The lowest BCUT2D eigenvalue weighted by Crippen LogP contribution is -2.46. The van der Waals surface area contributed by atoms with Gasteiger partial charge in [-0.2, -0.15) is 4.31 Å². The van der Waals surface area contributed by atoms with Gasteiger partial charge in [0.2, 0.25) is 20.0 Å². The maximum atomic E-state index is 13.2. The lowest BCUT2D eigenvalue weighted by atomic mass is 9.99. The highest BCUT2D eigenvalue weighted by Crippen LogP contribution is 2.31. The molecule has 0 spiro atoms. The number of hydrogen-bond donors (Lipinski definition) is 1. The molecule has 8 rings (SSSR count). The second-order valence-electron chi connectivity index (χ2n) is 21.2. The van der Waals surface area contributed by atoms with Crippen molar-refractivity contribution in [3.63, 3.8) is 0 Å². The number of Topliss-reactive ketones (excluding diaryl/α,β-unsaturated/α-hetero) is 1. The van der Waals surface area contributed by atoms with E-state index in [1.165, 1.54) is 140 Å². The molecule has 0 aromatic heterocycles. The lowest BCUT2D eigenvalue weighted by Gasteiger charge is -2.41. The van der Waals surface area contributed by atoms with E-state index >= 15 is 0 Å². The van der Waals surface area contributed by atoms with Crippen molar-refractivity contribution in [1.82, 2.24) is 18.4 Å². The van der Waals surface area contributed by atoms with Crippen molar-refractivity contribution in [3.05, 3.63) is 101 Å². The maximum Gasteiger partial charge on any atom is 0.293 e. The van der Waals surface area contributed by atoms with Gasteiger partial charge in [-0.15, -0.1) is 0 Å². The molecular formula is C59H87N7O9S2. The fraction of sp³-hybridized carbons (Fsp3) is 0.559. The van der Waals surface area contributed by atoms with E-state index in [0.29, 0.717) is 46.6 Å². The fourth-order valence-corrected chi connectivity index (χ4v) is 14.4. The number of carbonyl (C=O) groups is 2. The summed E-state index contributed by atoms with van der Waals surface area (Å²) in [6, 6.07) is 25.0. The van der Waals surface area contributed by atoms with Gasteiger partial charge < -0.3 is 39.5 Å². The van der Waals surface area contributed by atoms with E-state index in [1.807, 2.05) is 24.3 Å². The highest BCUT2D eigenvalue weighted by molar-refractivity contribution is 7.89. The SMILES string of the molecule is COc1cc(C)c(S(=O)(=O)N(C)CCC(=O)Cc2ccc(N3CCC(N4CCCCC4)CC3)cc2)c(C)c1.COc1cc(C)c(S(=O)(=O)N(C)CCOC=O)c(C)c1.Nc1ccc(N2CCC(N3CCCCC3)CC2)cc1. The van der Waals surface area contributed by atoms with Gasteiger partial charge in [0.05, 0.1) is 24.0 Å². The van der Waals surface area contributed by atoms with Crippen molar-refractivity contribution in [3.8, 4) is 11.5 Å². The number of hydrogen-bond acceptors (Lipinski definition) is 14. The first-order valence-corrected chi connectivity index (χ1v) is 30.5. The minimum absolute atomic E-state index is 0.0213. The van der Waals surface area contributed by atoms with Gasteiger partial charge in [-0.1, -0.05) is 25.0 Å². The molecule has 4 aromatic carbocycles. The molecule has 4 fully saturated rings. The summed E-state index contributed by atoms with van der Waals surface area (Å²) >= 11 is 0. The van der Waals surface area contributed by atoms with Gasteiger partial charge in [0.15, 0.2) is 0 Å². The second kappa shape index (κ2) is 29.1. The van der Waals surface area contributed by atoms with Crippen LogP contribution in [0.15, 0.2) is 82.6 Å². The molecule has 2 N–H and O–H groups in total. The predicted octanol–water partition coefficient (Wildman–Crippen LogP) is 8.42. The number of piperidine rings is 4. The van der Waals surface area contributed by atoms with Gasteiger partial charge >= 0.3 is 0 Å². The van der Waals surface area contributed by atoms with Crippen LogP contribution in [0.25, 0.3) is 0 Å². The predicted molar refractivity (Wildman–Crippen MR) is 309 cm³/mol. The quantitative estimate of drug-likeness (QED) is 0.0538. The first-order chi connectivity index (χ1) is 36.9. The van der Waals surface area contributed by atoms with Gasteiger partial charge in [0.25, 0.3) is 6.47 Å². The molecule has 4 aliphatic heterocycles.